The quantitative estimate of drug-likeness (QED) is 0.856. The first-order valence-corrected chi connectivity index (χ1v) is 6.77. The fourth-order valence-electron chi connectivity index (χ4n) is 2.44. The first-order valence-electron chi connectivity index (χ1n) is 6.77. The van der Waals surface area contributed by atoms with Crippen LogP contribution in [0.1, 0.15) is 31.4 Å². The van der Waals surface area contributed by atoms with Gasteiger partial charge in [0.1, 0.15) is 5.76 Å². The van der Waals surface area contributed by atoms with Gasteiger partial charge < -0.3 is 14.9 Å². The molecule has 1 aliphatic heterocycles. The number of aryl methyl sites for hydroxylation is 1. The lowest BCUT2D eigenvalue weighted by molar-refractivity contribution is -0.118. The fraction of sp³-hybridized carbons (Fsp3) is 0.692. The van der Waals surface area contributed by atoms with Gasteiger partial charge in [0.15, 0.2) is 5.82 Å². The molecule has 6 heteroatoms. The van der Waals surface area contributed by atoms with Gasteiger partial charge in [-0.15, -0.1) is 0 Å². The Hall–Kier alpha value is -1.40. The number of rotatable bonds is 4. The Balaban J connectivity index is 1.89. The lowest BCUT2D eigenvalue weighted by Gasteiger charge is -2.27. The van der Waals surface area contributed by atoms with Crippen LogP contribution in [0.2, 0.25) is 0 Å². The van der Waals surface area contributed by atoms with E-state index in [1.165, 1.54) is 0 Å². The van der Waals surface area contributed by atoms with Crippen LogP contribution in [0.3, 0.4) is 0 Å². The molecule has 106 valence electrons. The third-order valence-electron chi connectivity index (χ3n) is 3.45. The van der Waals surface area contributed by atoms with Crippen molar-refractivity contribution in [3.63, 3.8) is 0 Å². The van der Waals surface area contributed by atoms with Crippen LogP contribution in [-0.2, 0) is 4.79 Å². The molecule has 1 aromatic heterocycles. The molecule has 0 radical (unpaired) electrons. The number of aliphatic hydroxyl groups is 1. The van der Waals surface area contributed by atoms with Crippen molar-refractivity contribution in [3.8, 4) is 0 Å². The minimum atomic E-state index is -0.117. The van der Waals surface area contributed by atoms with Crippen LogP contribution >= 0.6 is 0 Å². The predicted octanol–water partition coefficient (Wildman–Crippen LogP) is 1.16. The molecule has 0 spiro atoms. The number of aliphatic hydroxyl groups excluding tert-OH is 1. The van der Waals surface area contributed by atoms with Crippen molar-refractivity contribution in [1.29, 1.82) is 0 Å². The average Bonchev–Trinajstić information content (AvgIpc) is 2.65. The third-order valence-corrected chi connectivity index (χ3v) is 3.45. The summed E-state index contributed by atoms with van der Waals surface area (Å²) in [7, 11) is 0. The zero-order valence-electron chi connectivity index (χ0n) is 11.3. The minimum Gasteiger partial charge on any atom is -0.395 e. The van der Waals surface area contributed by atoms with Crippen molar-refractivity contribution < 1.29 is 14.4 Å². The van der Waals surface area contributed by atoms with Crippen LogP contribution in [0.15, 0.2) is 10.6 Å². The van der Waals surface area contributed by atoms with Gasteiger partial charge in [-0.25, -0.2) is 0 Å². The van der Waals surface area contributed by atoms with Crippen LogP contribution in [0, 0.1) is 6.92 Å². The molecule has 0 bridgehead atoms. The first kappa shape index (κ1) is 14.0. The lowest BCUT2D eigenvalue weighted by atomic mass is 10.1. The second-order valence-electron chi connectivity index (χ2n) is 5.03. The summed E-state index contributed by atoms with van der Waals surface area (Å²) in [6.07, 6.45) is 4.31. The molecule has 6 nitrogen and oxygen atoms in total. The number of nitrogens with zero attached hydrogens (tertiary/aromatic N) is 2. The summed E-state index contributed by atoms with van der Waals surface area (Å²) >= 11 is 0. The molecule has 0 saturated carbocycles. The summed E-state index contributed by atoms with van der Waals surface area (Å²) in [6.45, 7) is 3.03. The van der Waals surface area contributed by atoms with E-state index in [-0.39, 0.29) is 25.1 Å². The van der Waals surface area contributed by atoms with Crippen LogP contribution in [0.5, 0.6) is 0 Å². The predicted molar refractivity (Wildman–Crippen MR) is 70.8 cm³/mol. The van der Waals surface area contributed by atoms with E-state index in [1.807, 2.05) is 0 Å². The zero-order chi connectivity index (χ0) is 13.7. The number of nitrogens with one attached hydrogen (secondary N) is 1. The summed E-state index contributed by atoms with van der Waals surface area (Å²) < 4.78 is 4.90. The number of likely N-dealkylation sites (tertiary alicyclic amines) is 1. The number of amides is 1. The van der Waals surface area contributed by atoms with Gasteiger partial charge in [-0.3, -0.25) is 9.69 Å². The topological polar surface area (TPSA) is 78.6 Å². The zero-order valence-corrected chi connectivity index (χ0v) is 11.3. The Labute approximate surface area is 112 Å². The van der Waals surface area contributed by atoms with Gasteiger partial charge in [0, 0.05) is 12.1 Å². The first-order chi connectivity index (χ1) is 9.19. The van der Waals surface area contributed by atoms with E-state index in [4.69, 9.17) is 4.52 Å². The third kappa shape index (κ3) is 4.04. The standard InChI is InChI=1S/C13H21N3O3/c1-10-7-12(15-19-10)14-13(18)8-16-6-4-2-3-5-11(16)9-17/h7,11,17H,2-6,8-9H2,1H3,(H,14,15,18). The smallest absolute Gasteiger partial charge is 0.239 e. The number of hydrogen-bond donors (Lipinski definition) is 2. The summed E-state index contributed by atoms with van der Waals surface area (Å²) in [5, 5.41) is 15.8. The minimum absolute atomic E-state index is 0.0901. The van der Waals surface area contributed by atoms with Gasteiger partial charge in [0.05, 0.1) is 13.2 Å². The van der Waals surface area contributed by atoms with Crippen LogP contribution < -0.4 is 5.32 Å². The van der Waals surface area contributed by atoms with E-state index in [1.54, 1.807) is 13.0 Å². The monoisotopic (exact) mass is 267 g/mol. The average molecular weight is 267 g/mol. The molecular formula is C13H21N3O3. The molecule has 0 aliphatic carbocycles. The maximum atomic E-state index is 11.9. The summed E-state index contributed by atoms with van der Waals surface area (Å²) in [4.78, 5) is 14.0. The molecule has 1 aliphatic rings. The molecule has 2 rings (SSSR count). The molecule has 1 fully saturated rings. The Kier molecular flexibility index (Phi) is 4.93. The highest BCUT2D eigenvalue weighted by Gasteiger charge is 2.22. The van der Waals surface area contributed by atoms with Crippen molar-refractivity contribution in [1.82, 2.24) is 10.1 Å². The molecule has 1 saturated heterocycles. The normalized spacial score (nSPS) is 21.1. The number of hydrogen-bond acceptors (Lipinski definition) is 5. The SMILES string of the molecule is Cc1cc(NC(=O)CN2CCCCCC2CO)no1. The Morgan fingerprint density at radius 1 is 1.58 bits per heavy atom. The highest BCUT2D eigenvalue weighted by molar-refractivity contribution is 5.91. The highest BCUT2D eigenvalue weighted by Crippen LogP contribution is 2.16. The molecule has 2 N–H and O–H groups in total. The summed E-state index contributed by atoms with van der Waals surface area (Å²) in [5.41, 5.74) is 0. The summed E-state index contributed by atoms with van der Waals surface area (Å²) in [5.74, 6) is 0.991. The van der Waals surface area contributed by atoms with Crippen molar-refractivity contribution in [2.75, 3.05) is 25.0 Å². The van der Waals surface area contributed by atoms with Crippen molar-refractivity contribution >= 4 is 11.7 Å². The number of aromatic nitrogens is 1. The van der Waals surface area contributed by atoms with E-state index in [2.05, 4.69) is 15.4 Å². The van der Waals surface area contributed by atoms with Gasteiger partial charge in [-0.1, -0.05) is 18.0 Å². The molecule has 1 aromatic rings. The molecule has 1 amide bonds. The van der Waals surface area contributed by atoms with Gasteiger partial charge in [-0.2, -0.15) is 0 Å². The van der Waals surface area contributed by atoms with E-state index in [9.17, 15) is 9.90 Å². The molecular weight excluding hydrogens is 246 g/mol. The Bertz CT molecular complexity index is 419. The van der Waals surface area contributed by atoms with Gasteiger partial charge in [-0.05, 0) is 26.3 Å². The molecule has 0 aromatic carbocycles. The Morgan fingerprint density at radius 3 is 3.11 bits per heavy atom. The highest BCUT2D eigenvalue weighted by atomic mass is 16.5. The van der Waals surface area contributed by atoms with E-state index in [0.29, 0.717) is 11.6 Å². The van der Waals surface area contributed by atoms with Crippen LogP contribution in [0.4, 0.5) is 5.82 Å². The summed E-state index contributed by atoms with van der Waals surface area (Å²) in [6, 6.07) is 1.77. The van der Waals surface area contributed by atoms with Crippen LogP contribution in [0.25, 0.3) is 0 Å². The van der Waals surface area contributed by atoms with Crippen molar-refractivity contribution in [2.24, 2.45) is 0 Å². The van der Waals surface area contributed by atoms with E-state index >= 15 is 0 Å². The van der Waals surface area contributed by atoms with Gasteiger partial charge in [0.2, 0.25) is 5.91 Å². The lowest BCUT2D eigenvalue weighted by Crippen LogP contribution is -2.42. The molecule has 1 atom stereocenters. The fourth-order valence-corrected chi connectivity index (χ4v) is 2.44. The number of anilines is 1. The largest absolute Gasteiger partial charge is 0.395 e. The second-order valence-corrected chi connectivity index (χ2v) is 5.03. The van der Waals surface area contributed by atoms with Gasteiger partial charge in [0.25, 0.3) is 0 Å². The maximum Gasteiger partial charge on any atom is 0.239 e. The van der Waals surface area contributed by atoms with Crippen molar-refractivity contribution in [2.45, 2.75) is 38.6 Å². The van der Waals surface area contributed by atoms with Crippen molar-refractivity contribution in [3.05, 3.63) is 11.8 Å². The second kappa shape index (κ2) is 6.68. The molecule has 1 unspecified atom stereocenters. The Morgan fingerprint density at radius 2 is 2.42 bits per heavy atom. The van der Waals surface area contributed by atoms with E-state index < -0.39 is 0 Å². The van der Waals surface area contributed by atoms with Gasteiger partial charge >= 0.3 is 0 Å². The van der Waals surface area contributed by atoms with Crippen LogP contribution in [-0.4, -0.2) is 46.8 Å². The molecule has 19 heavy (non-hydrogen) atoms. The maximum absolute atomic E-state index is 11.9. The molecule has 2 heterocycles. The van der Waals surface area contributed by atoms with E-state index in [0.717, 1.165) is 32.2 Å². The number of carbonyl (C=O) groups is 1. The number of carbonyl (C=O) groups excluding carboxylic acids is 1.